The van der Waals surface area contributed by atoms with Crippen molar-refractivity contribution in [3.05, 3.63) is 59.7 Å². The summed E-state index contributed by atoms with van der Waals surface area (Å²) in [6, 6.07) is 15.5. The van der Waals surface area contributed by atoms with Crippen LogP contribution in [0.5, 0.6) is 11.5 Å². The number of benzene rings is 2. The first-order valence-corrected chi connectivity index (χ1v) is 9.11. The molecule has 1 aliphatic heterocycles. The third-order valence-electron chi connectivity index (χ3n) is 4.38. The Morgan fingerprint density at radius 1 is 1.04 bits per heavy atom. The lowest BCUT2D eigenvalue weighted by Crippen LogP contribution is -2.39. The number of ether oxygens (including phenoxy) is 2. The van der Waals surface area contributed by atoms with Crippen molar-refractivity contribution in [1.82, 2.24) is 10.6 Å². The monoisotopic (exact) mass is 354 g/mol. The molecule has 5 heteroatoms. The number of amides is 2. The molecule has 2 N–H and O–H groups in total. The zero-order chi connectivity index (χ0) is 18.4. The Kier molecular flexibility index (Phi) is 6.00. The summed E-state index contributed by atoms with van der Waals surface area (Å²) in [5.74, 6) is 1.75. The van der Waals surface area contributed by atoms with E-state index in [1.54, 1.807) is 0 Å². The minimum atomic E-state index is -0.181. The molecule has 5 nitrogen and oxygen atoms in total. The van der Waals surface area contributed by atoms with Crippen molar-refractivity contribution in [3.63, 3.8) is 0 Å². The van der Waals surface area contributed by atoms with Gasteiger partial charge in [0.05, 0.1) is 19.3 Å². The van der Waals surface area contributed by atoms with E-state index in [4.69, 9.17) is 9.47 Å². The van der Waals surface area contributed by atoms with Crippen LogP contribution in [0.3, 0.4) is 0 Å². The standard InChI is InChI=1S/C21H26N2O3/c1-15(2)20(23-21(24)22-14-16-7-4-3-5-8-16)17-9-10-18-19(13-17)26-12-6-11-25-18/h3-5,7-10,13,15,20H,6,11-12,14H2,1-2H3,(H2,22,23,24)/t20-/m0/s1. The molecule has 0 aliphatic carbocycles. The average Bonchev–Trinajstić information content (AvgIpc) is 2.90. The number of urea groups is 1. The average molecular weight is 354 g/mol. The summed E-state index contributed by atoms with van der Waals surface area (Å²) in [7, 11) is 0. The minimum absolute atomic E-state index is 0.108. The number of carbonyl (C=O) groups excluding carboxylic acids is 1. The van der Waals surface area contributed by atoms with Crippen molar-refractivity contribution >= 4 is 6.03 Å². The molecule has 0 bridgehead atoms. The number of fused-ring (bicyclic) bond motifs is 1. The highest BCUT2D eigenvalue weighted by Gasteiger charge is 2.21. The highest BCUT2D eigenvalue weighted by Crippen LogP contribution is 2.34. The lowest BCUT2D eigenvalue weighted by molar-refractivity contribution is 0.232. The summed E-state index contributed by atoms with van der Waals surface area (Å²) in [4.78, 5) is 12.4. The van der Waals surface area contributed by atoms with Crippen molar-refractivity contribution in [1.29, 1.82) is 0 Å². The van der Waals surface area contributed by atoms with Crippen molar-refractivity contribution in [2.45, 2.75) is 32.9 Å². The molecule has 2 aromatic rings. The molecule has 0 saturated heterocycles. The molecule has 0 spiro atoms. The number of hydrogen-bond acceptors (Lipinski definition) is 3. The molecule has 3 rings (SSSR count). The van der Waals surface area contributed by atoms with E-state index in [-0.39, 0.29) is 18.0 Å². The van der Waals surface area contributed by atoms with E-state index in [1.165, 1.54) is 0 Å². The second-order valence-corrected chi connectivity index (χ2v) is 6.79. The van der Waals surface area contributed by atoms with E-state index < -0.39 is 0 Å². The van der Waals surface area contributed by atoms with Crippen LogP contribution in [0.2, 0.25) is 0 Å². The Balaban J connectivity index is 1.67. The normalized spacial score (nSPS) is 14.4. The Labute approximate surface area is 154 Å². The minimum Gasteiger partial charge on any atom is -0.490 e. The van der Waals surface area contributed by atoms with E-state index in [2.05, 4.69) is 24.5 Å². The van der Waals surface area contributed by atoms with Gasteiger partial charge in [0.15, 0.2) is 11.5 Å². The van der Waals surface area contributed by atoms with Crippen LogP contribution in [0.4, 0.5) is 4.79 Å². The summed E-state index contributed by atoms with van der Waals surface area (Å²) >= 11 is 0. The van der Waals surface area contributed by atoms with Crippen LogP contribution in [-0.2, 0) is 6.54 Å². The quantitative estimate of drug-likeness (QED) is 0.852. The third kappa shape index (κ3) is 4.69. The van der Waals surface area contributed by atoms with E-state index in [1.807, 2.05) is 48.5 Å². The zero-order valence-electron chi connectivity index (χ0n) is 15.3. The Morgan fingerprint density at radius 2 is 1.77 bits per heavy atom. The van der Waals surface area contributed by atoms with Gasteiger partial charge >= 0.3 is 6.03 Å². The molecule has 1 aliphatic rings. The summed E-state index contributed by atoms with van der Waals surface area (Å²) in [5.41, 5.74) is 2.08. The van der Waals surface area contributed by atoms with Gasteiger partial charge in [0.1, 0.15) is 0 Å². The van der Waals surface area contributed by atoms with Crippen LogP contribution in [0.25, 0.3) is 0 Å². The van der Waals surface area contributed by atoms with Gasteiger partial charge in [-0.2, -0.15) is 0 Å². The van der Waals surface area contributed by atoms with E-state index in [0.29, 0.717) is 19.8 Å². The second-order valence-electron chi connectivity index (χ2n) is 6.79. The molecule has 0 saturated carbocycles. The van der Waals surface area contributed by atoms with Gasteiger partial charge in [0.25, 0.3) is 0 Å². The van der Waals surface area contributed by atoms with Crippen LogP contribution in [0, 0.1) is 5.92 Å². The smallest absolute Gasteiger partial charge is 0.315 e. The van der Waals surface area contributed by atoms with Gasteiger partial charge < -0.3 is 20.1 Å². The number of carbonyl (C=O) groups is 1. The Bertz CT molecular complexity index is 731. The first kappa shape index (κ1) is 18.1. The van der Waals surface area contributed by atoms with Crippen molar-refractivity contribution in [2.24, 2.45) is 5.92 Å². The van der Waals surface area contributed by atoms with Crippen LogP contribution in [0.1, 0.15) is 37.4 Å². The van der Waals surface area contributed by atoms with Gasteiger partial charge in [0, 0.05) is 13.0 Å². The third-order valence-corrected chi connectivity index (χ3v) is 4.38. The molecule has 1 atom stereocenters. The SMILES string of the molecule is CC(C)[C@H](NC(=O)NCc1ccccc1)c1ccc2c(c1)OCCCO2. The lowest BCUT2D eigenvalue weighted by atomic mass is 9.96. The molecule has 1 heterocycles. The maximum atomic E-state index is 12.4. The fourth-order valence-electron chi connectivity index (χ4n) is 2.98. The van der Waals surface area contributed by atoms with Crippen LogP contribution >= 0.6 is 0 Å². The van der Waals surface area contributed by atoms with E-state index in [9.17, 15) is 4.79 Å². The van der Waals surface area contributed by atoms with Crippen LogP contribution < -0.4 is 20.1 Å². The molecule has 0 unspecified atom stereocenters. The predicted molar refractivity (Wildman–Crippen MR) is 101 cm³/mol. The summed E-state index contributed by atoms with van der Waals surface area (Å²) in [5, 5.41) is 6.00. The summed E-state index contributed by atoms with van der Waals surface area (Å²) < 4.78 is 11.5. The molecular weight excluding hydrogens is 328 g/mol. The number of nitrogens with one attached hydrogen (secondary N) is 2. The molecule has 138 valence electrons. The maximum Gasteiger partial charge on any atom is 0.315 e. The van der Waals surface area contributed by atoms with Gasteiger partial charge in [-0.05, 0) is 29.2 Å². The fraction of sp³-hybridized carbons (Fsp3) is 0.381. The molecule has 0 aromatic heterocycles. The second kappa shape index (κ2) is 8.61. The summed E-state index contributed by atoms with van der Waals surface area (Å²) in [6.45, 7) is 5.99. The molecule has 0 fully saturated rings. The molecular formula is C21H26N2O3. The Morgan fingerprint density at radius 3 is 2.50 bits per heavy atom. The maximum absolute atomic E-state index is 12.4. The van der Waals surface area contributed by atoms with Crippen LogP contribution in [0.15, 0.2) is 48.5 Å². The van der Waals surface area contributed by atoms with Crippen LogP contribution in [-0.4, -0.2) is 19.2 Å². The molecule has 2 aromatic carbocycles. The van der Waals surface area contributed by atoms with E-state index in [0.717, 1.165) is 29.0 Å². The van der Waals surface area contributed by atoms with Crippen molar-refractivity contribution < 1.29 is 14.3 Å². The first-order chi connectivity index (χ1) is 12.6. The predicted octanol–water partition coefficient (Wildman–Crippen LogP) is 4.04. The van der Waals surface area contributed by atoms with Gasteiger partial charge in [0.2, 0.25) is 0 Å². The van der Waals surface area contributed by atoms with Gasteiger partial charge in [-0.3, -0.25) is 0 Å². The zero-order valence-corrected chi connectivity index (χ0v) is 15.3. The highest BCUT2D eigenvalue weighted by atomic mass is 16.5. The Hall–Kier alpha value is -2.69. The summed E-state index contributed by atoms with van der Waals surface area (Å²) in [6.07, 6.45) is 0.873. The fourth-order valence-corrected chi connectivity index (χ4v) is 2.98. The van der Waals surface area contributed by atoms with Crippen molar-refractivity contribution in [3.8, 4) is 11.5 Å². The number of rotatable bonds is 5. The molecule has 2 amide bonds. The van der Waals surface area contributed by atoms with E-state index >= 15 is 0 Å². The topological polar surface area (TPSA) is 59.6 Å². The molecule has 26 heavy (non-hydrogen) atoms. The van der Waals surface area contributed by atoms with Gasteiger partial charge in [-0.25, -0.2) is 4.79 Å². The lowest BCUT2D eigenvalue weighted by Gasteiger charge is -2.24. The molecule has 0 radical (unpaired) electrons. The highest BCUT2D eigenvalue weighted by molar-refractivity contribution is 5.74. The van der Waals surface area contributed by atoms with Gasteiger partial charge in [-0.1, -0.05) is 50.2 Å². The number of hydrogen-bond donors (Lipinski definition) is 2. The largest absolute Gasteiger partial charge is 0.490 e. The van der Waals surface area contributed by atoms with Gasteiger partial charge in [-0.15, -0.1) is 0 Å². The first-order valence-electron chi connectivity index (χ1n) is 9.11. The van der Waals surface area contributed by atoms with Crippen molar-refractivity contribution in [2.75, 3.05) is 13.2 Å².